The third kappa shape index (κ3) is 6.83. The maximum absolute atomic E-state index is 11.8. The van der Waals surface area contributed by atoms with Gasteiger partial charge in [-0.2, -0.15) is 0 Å². The molecule has 0 saturated heterocycles. The van der Waals surface area contributed by atoms with E-state index in [1.165, 1.54) is 11.8 Å². The van der Waals surface area contributed by atoms with Gasteiger partial charge in [0.15, 0.2) is 0 Å². The fourth-order valence-corrected chi connectivity index (χ4v) is 3.01. The highest BCUT2D eigenvalue weighted by molar-refractivity contribution is 7.99. The highest BCUT2D eigenvalue weighted by Crippen LogP contribution is 2.16. The minimum absolute atomic E-state index is 0.174. The minimum Gasteiger partial charge on any atom is -0.273 e. The van der Waals surface area contributed by atoms with Crippen LogP contribution >= 0.6 is 35.0 Å². The van der Waals surface area contributed by atoms with Crippen molar-refractivity contribution in [2.24, 2.45) is 0 Å². The summed E-state index contributed by atoms with van der Waals surface area (Å²) in [5.41, 5.74) is 6.67. The topological polar surface area (TPSA) is 58.2 Å². The van der Waals surface area contributed by atoms with Crippen LogP contribution in [0.25, 0.3) is 0 Å². The maximum Gasteiger partial charge on any atom is 0.248 e. The summed E-state index contributed by atoms with van der Waals surface area (Å²) >= 11 is 13.1. The van der Waals surface area contributed by atoms with Crippen LogP contribution in [0.3, 0.4) is 0 Å². The van der Waals surface area contributed by atoms with Crippen LogP contribution in [0.4, 0.5) is 0 Å². The van der Waals surface area contributed by atoms with Gasteiger partial charge >= 0.3 is 0 Å². The van der Waals surface area contributed by atoms with E-state index in [4.69, 9.17) is 23.2 Å². The van der Waals surface area contributed by atoms with Crippen molar-refractivity contribution in [1.29, 1.82) is 0 Å². The molecule has 0 aliphatic heterocycles. The van der Waals surface area contributed by atoms with Crippen LogP contribution in [-0.4, -0.2) is 17.6 Å². The molecule has 0 aliphatic carbocycles. The number of hydrazine groups is 1. The normalized spacial score (nSPS) is 10.2. The quantitative estimate of drug-likeness (QED) is 0.750. The van der Waals surface area contributed by atoms with Gasteiger partial charge in [0.1, 0.15) is 0 Å². The van der Waals surface area contributed by atoms with Crippen molar-refractivity contribution in [1.82, 2.24) is 10.9 Å². The van der Waals surface area contributed by atoms with E-state index < -0.39 is 0 Å². The highest BCUT2D eigenvalue weighted by Gasteiger charge is 2.06. The van der Waals surface area contributed by atoms with Crippen molar-refractivity contribution in [3.63, 3.8) is 0 Å². The molecule has 2 amide bonds. The number of hydrogen-bond donors (Lipinski definition) is 2. The number of carbonyl (C=O) groups is 2. The van der Waals surface area contributed by atoms with E-state index in [9.17, 15) is 9.59 Å². The van der Waals surface area contributed by atoms with Gasteiger partial charge in [0.05, 0.1) is 12.2 Å². The Hall–Kier alpha value is -1.69. The molecule has 2 aromatic rings. The van der Waals surface area contributed by atoms with Gasteiger partial charge in [0, 0.05) is 15.8 Å². The molecule has 0 aromatic heterocycles. The van der Waals surface area contributed by atoms with Gasteiger partial charge in [-0.25, -0.2) is 0 Å². The fourth-order valence-electron chi connectivity index (χ4n) is 1.90. The summed E-state index contributed by atoms with van der Waals surface area (Å²) in [5.74, 6) is 0.373. The Balaban J connectivity index is 1.65. The Morgan fingerprint density at radius 2 is 1.58 bits per heavy atom. The number of carbonyl (C=O) groups excluding carboxylic acids is 2. The van der Waals surface area contributed by atoms with Crippen molar-refractivity contribution >= 4 is 46.8 Å². The molecular formula is C17H16Cl2N2O2S. The molecule has 7 heteroatoms. The van der Waals surface area contributed by atoms with Crippen molar-refractivity contribution in [2.45, 2.75) is 12.2 Å². The van der Waals surface area contributed by atoms with Gasteiger partial charge < -0.3 is 0 Å². The van der Waals surface area contributed by atoms with Crippen molar-refractivity contribution in [2.75, 3.05) is 5.75 Å². The molecule has 24 heavy (non-hydrogen) atoms. The Kier molecular flexibility index (Phi) is 7.43. The summed E-state index contributed by atoms with van der Waals surface area (Å²) < 4.78 is 0. The average molecular weight is 383 g/mol. The van der Waals surface area contributed by atoms with Crippen LogP contribution < -0.4 is 10.9 Å². The van der Waals surface area contributed by atoms with E-state index in [0.717, 1.165) is 11.1 Å². The summed E-state index contributed by atoms with van der Waals surface area (Å²) in [4.78, 5) is 23.5. The molecule has 0 fully saturated rings. The van der Waals surface area contributed by atoms with Crippen LogP contribution in [0.15, 0.2) is 48.5 Å². The summed E-state index contributed by atoms with van der Waals surface area (Å²) in [5, 5.41) is 1.29. The summed E-state index contributed by atoms with van der Waals surface area (Å²) in [6.45, 7) is 0. The van der Waals surface area contributed by atoms with E-state index in [0.29, 0.717) is 15.8 Å². The van der Waals surface area contributed by atoms with E-state index in [1.807, 2.05) is 18.2 Å². The fraction of sp³-hybridized carbons (Fsp3) is 0.176. The number of amides is 2. The second-order valence-electron chi connectivity index (χ2n) is 5.02. The molecule has 0 bridgehead atoms. The number of thioether (sulfide) groups is 1. The molecule has 0 atom stereocenters. The van der Waals surface area contributed by atoms with Crippen LogP contribution in [0.2, 0.25) is 10.0 Å². The smallest absolute Gasteiger partial charge is 0.248 e. The summed E-state index contributed by atoms with van der Waals surface area (Å²) in [7, 11) is 0. The first kappa shape index (κ1) is 18.6. The molecule has 2 aromatic carbocycles. The van der Waals surface area contributed by atoms with E-state index >= 15 is 0 Å². The highest BCUT2D eigenvalue weighted by atomic mass is 35.5. The van der Waals surface area contributed by atoms with Gasteiger partial charge in [-0.1, -0.05) is 47.5 Å². The Bertz CT molecular complexity index is 708. The van der Waals surface area contributed by atoms with Crippen molar-refractivity contribution < 1.29 is 9.59 Å². The lowest BCUT2D eigenvalue weighted by atomic mass is 10.1. The monoisotopic (exact) mass is 382 g/mol. The Morgan fingerprint density at radius 1 is 0.875 bits per heavy atom. The number of nitrogens with one attached hydrogen (secondary N) is 2. The molecule has 0 unspecified atom stereocenters. The zero-order chi connectivity index (χ0) is 17.4. The van der Waals surface area contributed by atoms with Gasteiger partial charge in [-0.05, 0) is 35.4 Å². The molecule has 4 nitrogen and oxygen atoms in total. The predicted octanol–water partition coefficient (Wildman–Crippen LogP) is 3.62. The molecule has 0 radical (unpaired) electrons. The van der Waals surface area contributed by atoms with Gasteiger partial charge in [0.25, 0.3) is 0 Å². The SMILES string of the molecule is O=C(CSCc1cccc(Cl)c1)NNC(=O)Cc1ccc(Cl)cc1. The van der Waals surface area contributed by atoms with E-state index in [-0.39, 0.29) is 24.0 Å². The maximum atomic E-state index is 11.8. The zero-order valence-electron chi connectivity index (χ0n) is 12.7. The van der Waals surface area contributed by atoms with Gasteiger partial charge in [-0.15, -0.1) is 11.8 Å². The van der Waals surface area contributed by atoms with Gasteiger partial charge in [0.2, 0.25) is 11.8 Å². The molecule has 126 valence electrons. The predicted molar refractivity (Wildman–Crippen MR) is 99.1 cm³/mol. The zero-order valence-corrected chi connectivity index (χ0v) is 15.0. The molecule has 0 heterocycles. The van der Waals surface area contributed by atoms with Crippen LogP contribution in [0.1, 0.15) is 11.1 Å². The minimum atomic E-state index is -0.287. The molecule has 2 rings (SSSR count). The standard InChI is InChI=1S/C17H16Cl2N2O2S/c18-14-6-4-12(5-7-14)9-16(22)20-21-17(23)11-24-10-13-2-1-3-15(19)8-13/h1-8H,9-11H2,(H,20,22)(H,21,23). The van der Waals surface area contributed by atoms with Gasteiger partial charge in [-0.3, -0.25) is 20.4 Å². The first-order valence-corrected chi connectivity index (χ1v) is 9.08. The second kappa shape index (κ2) is 9.57. The Labute approximate surface area is 154 Å². The number of rotatable bonds is 6. The second-order valence-corrected chi connectivity index (χ2v) is 6.88. The molecule has 0 aliphatic rings. The molecule has 0 spiro atoms. The van der Waals surface area contributed by atoms with E-state index in [1.54, 1.807) is 30.3 Å². The number of hydrogen-bond acceptors (Lipinski definition) is 3. The first-order chi connectivity index (χ1) is 11.5. The lowest BCUT2D eigenvalue weighted by molar-refractivity contribution is -0.127. The first-order valence-electron chi connectivity index (χ1n) is 7.17. The summed E-state index contributed by atoms with van der Waals surface area (Å²) in [6, 6.07) is 14.5. The summed E-state index contributed by atoms with van der Waals surface area (Å²) in [6.07, 6.45) is 0.174. The van der Waals surface area contributed by atoms with Crippen LogP contribution in [-0.2, 0) is 21.8 Å². The molecular weight excluding hydrogens is 367 g/mol. The Morgan fingerprint density at radius 3 is 2.29 bits per heavy atom. The number of halogens is 2. The molecule has 0 saturated carbocycles. The van der Waals surface area contributed by atoms with Crippen LogP contribution in [0, 0.1) is 0 Å². The third-order valence-electron chi connectivity index (χ3n) is 3.01. The molecule has 2 N–H and O–H groups in total. The number of benzene rings is 2. The lowest BCUT2D eigenvalue weighted by Crippen LogP contribution is -2.43. The largest absolute Gasteiger partial charge is 0.273 e. The van der Waals surface area contributed by atoms with Crippen molar-refractivity contribution in [3.05, 3.63) is 69.7 Å². The van der Waals surface area contributed by atoms with E-state index in [2.05, 4.69) is 10.9 Å². The van der Waals surface area contributed by atoms with Crippen molar-refractivity contribution in [3.8, 4) is 0 Å². The third-order valence-corrected chi connectivity index (χ3v) is 4.50. The average Bonchev–Trinajstić information content (AvgIpc) is 2.55. The lowest BCUT2D eigenvalue weighted by Gasteiger charge is -2.07. The van der Waals surface area contributed by atoms with Crippen LogP contribution in [0.5, 0.6) is 0 Å².